The SMILES string of the molecule is CC1(C)O[C@H]2O[C@]3(CO)C(O)C3(N=[N+]=[N-])[C@H]2O1. The van der Waals surface area contributed by atoms with Gasteiger partial charge in [-0.2, -0.15) is 0 Å². The molecule has 3 rings (SSSR count). The van der Waals surface area contributed by atoms with Crippen LogP contribution in [0.1, 0.15) is 13.8 Å². The van der Waals surface area contributed by atoms with Crippen LogP contribution in [0.5, 0.6) is 0 Å². The Hall–Kier alpha value is -0.890. The van der Waals surface area contributed by atoms with Crippen LogP contribution in [0.15, 0.2) is 5.11 Å². The molecule has 8 nitrogen and oxygen atoms in total. The number of aliphatic hydroxyl groups excluding tert-OH is 2. The maximum Gasteiger partial charge on any atom is 0.188 e. The number of fused-ring (bicyclic) bond motifs is 3. The lowest BCUT2D eigenvalue weighted by Gasteiger charge is -2.21. The van der Waals surface area contributed by atoms with Gasteiger partial charge in [-0.15, -0.1) is 0 Å². The molecule has 2 saturated heterocycles. The molecule has 2 N–H and O–H groups in total. The van der Waals surface area contributed by atoms with Crippen LogP contribution in [0.2, 0.25) is 0 Å². The summed E-state index contributed by atoms with van der Waals surface area (Å²) in [5, 5.41) is 22.8. The van der Waals surface area contributed by atoms with Gasteiger partial charge in [0.25, 0.3) is 0 Å². The molecule has 8 heteroatoms. The number of aliphatic hydroxyl groups is 2. The quantitative estimate of drug-likeness (QED) is 0.390. The zero-order valence-electron chi connectivity index (χ0n) is 9.40. The van der Waals surface area contributed by atoms with Crippen molar-refractivity contribution in [3.63, 3.8) is 0 Å². The third-order valence-electron chi connectivity index (χ3n) is 3.72. The third kappa shape index (κ3) is 1.03. The first-order chi connectivity index (χ1) is 7.93. The van der Waals surface area contributed by atoms with Crippen LogP contribution in [0.25, 0.3) is 10.4 Å². The minimum absolute atomic E-state index is 0.451. The highest BCUT2D eigenvalue weighted by atomic mass is 16.8. The van der Waals surface area contributed by atoms with E-state index in [-0.39, 0.29) is 0 Å². The van der Waals surface area contributed by atoms with Crippen LogP contribution < -0.4 is 0 Å². The Balaban J connectivity index is 2.01. The topological polar surface area (TPSA) is 117 Å². The molecule has 5 atom stereocenters. The molecule has 1 aliphatic carbocycles. The van der Waals surface area contributed by atoms with Gasteiger partial charge in [0.1, 0.15) is 23.3 Å². The lowest BCUT2D eigenvalue weighted by atomic mass is 10.1. The first kappa shape index (κ1) is 11.2. The summed E-state index contributed by atoms with van der Waals surface area (Å²) in [5.41, 5.74) is 6.04. The molecule has 94 valence electrons. The fourth-order valence-electron chi connectivity index (χ4n) is 2.89. The van der Waals surface area contributed by atoms with E-state index in [1.165, 1.54) is 0 Å². The Labute approximate surface area is 96.7 Å². The monoisotopic (exact) mass is 243 g/mol. The van der Waals surface area contributed by atoms with Crippen LogP contribution in [-0.2, 0) is 14.2 Å². The fraction of sp³-hybridized carbons (Fsp3) is 1.00. The van der Waals surface area contributed by atoms with Crippen LogP contribution >= 0.6 is 0 Å². The molecule has 17 heavy (non-hydrogen) atoms. The van der Waals surface area contributed by atoms with Crippen molar-refractivity contribution in [1.29, 1.82) is 0 Å². The molecule has 3 aliphatic rings. The summed E-state index contributed by atoms with van der Waals surface area (Å²) >= 11 is 0. The second-order valence-corrected chi connectivity index (χ2v) is 5.01. The Morgan fingerprint density at radius 2 is 2.06 bits per heavy atom. The molecule has 0 spiro atoms. The lowest BCUT2D eigenvalue weighted by molar-refractivity contribution is -0.218. The molecule has 2 aliphatic heterocycles. The summed E-state index contributed by atoms with van der Waals surface area (Å²) in [6.45, 7) is 2.95. The Morgan fingerprint density at radius 1 is 1.35 bits per heavy atom. The third-order valence-corrected chi connectivity index (χ3v) is 3.72. The molecule has 2 heterocycles. The molecule has 0 amide bonds. The summed E-state index contributed by atoms with van der Waals surface area (Å²) in [6.07, 6.45) is -2.50. The summed E-state index contributed by atoms with van der Waals surface area (Å²) < 4.78 is 16.6. The highest BCUT2D eigenvalue weighted by Gasteiger charge is 2.89. The lowest BCUT2D eigenvalue weighted by Crippen LogP contribution is -2.36. The summed E-state index contributed by atoms with van der Waals surface area (Å²) in [4.78, 5) is 2.72. The fourth-order valence-corrected chi connectivity index (χ4v) is 2.89. The van der Waals surface area contributed by atoms with E-state index in [0.717, 1.165) is 0 Å². The number of rotatable bonds is 2. The van der Waals surface area contributed by atoms with Gasteiger partial charge >= 0.3 is 0 Å². The smallest absolute Gasteiger partial charge is 0.188 e. The zero-order chi connectivity index (χ0) is 12.5. The first-order valence-corrected chi connectivity index (χ1v) is 5.32. The van der Waals surface area contributed by atoms with Crippen molar-refractivity contribution in [2.24, 2.45) is 5.11 Å². The predicted molar refractivity (Wildman–Crippen MR) is 52.6 cm³/mol. The van der Waals surface area contributed by atoms with Gasteiger partial charge in [-0.25, -0.2) is 0 Å². The van der Waals surface area contributed by atoms with Gasteiger partial charge < -0.3 is 24.4 Å². The van der Waals surface area contributed by atoms with E-state index in [1.54, 1.807) is 13.8 Å². The zero-order valence-corrected chi connectivity index (χ0v) is 9.40. The number of hydrogen-bond donors (Lipinski definition) is 2. The molecule has 0 radical (unpaired) electrons. The maximum absolute atomic E-state index is 9.91. The van der Waals surface area contributed by atoms with Crippen molar-refractivity contribution >= 4 is 0 Å². The van der Waals surface area contributed by atoms with Crippen LogP contribution in [0, 0.1) is 0 Å². The van der Waals surface area contributed by atoms with Crippen molar-refractivity contribution in [3.8, 4) is 0 Å². The first-order valence-electron chi connectivity index (χ1n) is 5.32. The van der Waals surface area contributed by atoms with Crippen molar-refractivity contribution in [2.75, 3.05) is 6.61 Å². The van der Waals surface area contributed by atoms with E-state index < -0.39 is 42.0 Å². The molecule has 2 unspecified atom stereocenters. The van der Waals surface area contributed by atoms with Gasteiger partial charge in [0.15, 0.2) is 12.1 Å². The number of azide groups is 1. The van der Waals surface area contributed by atoms with Crippen LogP contribution in [0.4, 0.5) is 0 Å². The highest BCUT2D eigenvalue weighted by molar-refractivity contribution is 5.40. The molecule has 0 aromatic rings. The standard InChI is InChI=1S/C9H13N3O5/c1-7(2)15-4-5(16-7)17-8(3-13)6(14)9(4,8)11-12-10/h4-6,13-14H,3H2,1-2H3/t4-,5-,6?,8+,9?/m0/s1. The van der Waals surface area contributed by atoms with Gasteiger partial charge in [-0.05, 0) is 19.4 Å². The average molecular weight is 243 g/mol. The normalized spacial score (nSPS) is 53.8. The van der Waals surface area contributed by atoms with Crippen molar-refractivity contribution in [1.82, 2.24) is 0 Å². The molecule has 3 fully saturated rings. The average Bonchev–Trinajstić information content (AvgIpc) is 2.53. The minimum Gasteiger partial charge on any atom is -0.393 e. The summed E-state index contributed by atoms with van der Waals surface area (Å²) in [5.74, 6) is -0.864. The van der Waals surface area contributed by atoms with Crippen molar-refractivity contribution in [2.45, 2.75) is 49.3 Å². The number of hydrogen-bond acceptors (Lipinski definition) is 6. The van der Waals surface area contributed by atoms with E-state index in [4.69, 9.17) is 19.7 Å². The molecule has 0 aromatic carbocycles. The highest BCUT2D eigenvalue weighted by Crippen LogP contribution is 2.65. The van der Waals surface area contributed by atoms with E-state index in [0.29, 0.717) is 0 Å². The van der Waals surface area contributed by atoms with Gasteiger partial charge in [0.05, 0.1) is 6.61 Å². The maximum atomic E-state index is 9.91. The van der Waals surface area contributed by atoms with Gasteiger partial charge in [0.2, 0.25) is 0 Å². The Morgan fingerprint density at radius 3 is 2.65 bits per heavy atom. The Kier molecular flexibility index (Phi) is 1.92. The molecule has 0 aromatic heterocycles. The van der Waals surface area contributed by atoms with Gasteiger partial charge in [0, 0.05) is 4.91 Å². The van der Waals surface area contributed by atoms with E-state index in [1.807, 2.05) is 0 Å². The molecule has 1 saturated carbocycles. The largest absolute Gasteiger partial charge is 0.393 e. The minimum atomic E-state index is -1.29. The Bertz CT molecular complexity index is 423. The number of ether oxygens (including phenoxy) is 3. The van der Waals surface area contributed by atoms with Gasteiger partial charge in [-0.1, -0.05) is 5.11 Å². The molecule has 0 bridgehead atoms. The summed E-state index contributed by atoms with van der Waals surface area (Å²) in [7, 11) is 0. The van der Waals surface area contributed by atoms with Crippen molar-refractivity contribution < 1.29 is 24.4 Å². The van der Waals surface area contributed by atoms with Crippen molar-refractivity contribution in [3.05, 3.63) is 10.4 Å². The number of nitrogens with zero attached hydrogens (tertiary/aromatic N) is 3. The van der Waals surface area contributed by atoms with E-state index >= 15 is 0 Å². The van der Waals surface area contributed by atoms with Crippen LogP contribution in [-0.4, -0.2) is 52.2 Å². The molecular weight excluding hydrogens is 230 g/mol. The van der Waals surface area contributed by atoms with Gasteiger partial charge in [-0.3, -0.25) is 0 Å². The molecular formula is C9H13N3O5. The van der Waals surface area contributed by atoms with E-state index in [9.17, 15) is 10.2 Å². The summed E-state index contributed by atoms with van der Waals surface area (Å²) in [6, 6.07) is 0. The van der Waals surface area contributed by atoms with Crippen LogP contribution in [0.3, 0.4) is 0 Å². The van der Waals surface area contributed by atoms with E-state index in [2.05, 4.69) is 10.0 Å². The predicted octanol–water partition coefficient (Wildman–Crippen LogP) is -0.351. The second-order valence-electron chi connectivity index (χ2n) is 5.01. The second kappa shape index (κ2) is 2.92.